The summed E-state index contributed by atoms with van der Waals surface area (Å²) in [7, 11) is 0. The summed E-state index contributed by atoms with van der Waals surface area (Å²) in [6.45, 7) is 1.34. The topological polar surface area (TPSA) is 41.5 Å². The zero-order valence-electron chi connectivity index (χ0n) is 10.9. The van der Waals surface area contributed by atoms with Crippen LogP contribution in [0, 0.1) is 5.92 Å². The number of aliphatic hydroxyl groups excluding tert-OH is 1. The fourth-order valence-corrected chi connectivity index (χ4v) is 1.72. The average molecular weight is 294 g/mol. The van der Waals surface area contributed by atoms with Crippen LogP contribution >= 0.6 is 11.6 Å². The molecule has 1 rings (SSSR count). The Kier molecular flexibility index (Phi) is 6.48. The normalized spacial score (nSPS) is 14.5. The summed E-state index contributed by atoms with van der Waals surface area (Å²) in [5.74, 6) is 0.175. The van der Waals surface area contributed by atoms with E-state index in [1.165, 1.54) is 12.1 Å². The molecule has 0 aliphatic carbocycles. The van der Waals surface area contributed by atoms with Crippen molar-refractivity contribution in [3.8, 4) is 5.75 Å². The number of rotatable bonds is 7. The predicted octanol–water partition coefficient (Wildman–Crippen LogP) is 3.05. The minimum atomic E-state index is -2.87. The SMILES string of the molecule is CC(CO)C(C)NCc1cc(Cl)ccc1OC(F)F. The van der Waals surface area contributed by atoms with Gasteiger partial charge in [0.25, 0.3) is 0 Å². The number of alkyl halides is 2. The molecular weight excluding hydrogens is 276 g/mol. The first kappa shape index (κ1) is 16.1. The third-order valence-electron chi connectivity index (χ3n) is 2.99. The molecule has 0 bridgehead atoms. The molecule has 19 heavy (non-hydrogen) atoms. The highest BCUT2D eigenvalue weighted by atomic mass is 35.5. The molecule has 0 heterocycles. The number of benzene rings is 1. The number of halogens is 3. The Labute approximate surface area is 116 Å². The van der Waals surface area contributed by atoms with Crippen LogP contribution in [0.1, 0.15) is 19.4 Å². The molecule has 2 atom stereocenters. The fraction of sp³-hybridized carbons (Fsp3) is 0.538. The highest BCUT2D eigenvalue weighted by molar-refractivity contribution is 6.30. The summed E-state index contributed by atoms with van der Waals surface area (Å²) >= 11 is 5.85. The van der Waals surface area contributed by atoms with Gasteiger partial charge in [0.05, 0.1) is 0 Å². The van der Waals surface area contributed by atoms with E-state index in [-0.39, 0.29) is 24.3 Å². The Bertz CT molecular complexity index is 404. The van der Waals surface area contributed by atoms with Crippen LogP contribution < -0.4 is 10.1 Å². The number of hydrogen-bond acceptors (Lipinski definition) is 3. The second-order valence-electron chi connectivity index (χ2n) is 4.46. The van der Waals surface area contributed by atoms with Gasteiger partial charge < -0.3 is 15.2 Å². The van der Waals surface area contributed by atoms with Gasteiger partial charge in [0.1, 0.15) is 5.75 Å². The van der Waals surface area contributed by atoms with E-state index in [0.717, 1.165) is 0 Å². The average Bonchev–Trinajstić information content (AvgIpc) is 2.37. The van der Waals surface area contributed by atoms with E-state index in [1.807, 2.05) is 13.8 Å². The molecule has 0 saturated heterocycles. The van der Waals surface area contributed by atoms with Gasteiger partial charge in [-0.15, -0.1) is 0 Å². The molecule has 0 aliphatic rings. The number of hydrogen-bond donors (Lipinski definition) is 2. The van der Waals surface area contributed by atoms with Crippen LogP contribution in [-0.4, -0.2) is 24.4 Å². The van der Waals surface area contributed by atoms with Gasteiger partial charge in [-0.3, -0.25) is 0 Å². The molecule has 0 amide bonds. The van der Waals surface area contributed by atoms with E-state index in [4.69, 9.17) is 16.7 Å². The van der Waals surface area contributed by atoms with Crippen molar-refractivity contribution in [2.24, 2.45) is 5.92 Å². The maximum atomic E-state index is 12.3. The van der Waals surface area contributed by atoms with Crippen LogP contribution in [0.25, 0.3) is 0 Å². The molecule has 108 valence electrons. The zero-order chi connectivity index (χ0) is 14.4. The third-order valence-corrected chi connectivity index (χ3v) is 3.23. The quantitative estimate of drug-likeness (QED) is 0.812. The molecule has 0 saturated carbocycles. The van der Waals surface area contributed by atoms with Crippen molar-refractivity contribution in [3.05, 3.63) is 28.8 Å². The predicted molar refractivity (Wildman–Crippen MR) is 70.6 cm³/mol. The van der Waals surface area contributed by atoms with Gasteiger partial charge in [-0.2, -0.15) is 8.78 Å². The number of ether oxygens (including phenoxy) is 1. The first-order valence-electron chi connectivity index (χ1n) is 6.01. The van der Waals surface area contributed by atoms with Gasteiger partial charge in [-0.05, 0) is 31.0 Å². The molecule has 0 fully saturated rings. The zero-order valence-corrected chi connectivity index (χ0v) is 11.6. The van der Waals surface area contributed by atoms with Crippen LogP contribution in [-0.2, 0) is 6.54 Å². The minimum Gasteiger partial charge on any atom is -0.434 e. The lowest BCUT2D eigenvalue weighted by Gasteiger charge is -2.20. The van der Waals surface area contributed by atoms with E-state index >= 15 is 0 Å². The Morgan fingerprint density at radius 3 is 2.63 bits per heavy atom. The first-order chi connectivity index (χ1) is 8.93. The lowest BCUT2D eigenvalue weighted by molar-refractivity contribution is -0.0505. The minimum absolute atomic E-state index is 0.0448. The summed E-state index contributed by atoms with van der Waals surface area (Å²) in [5, 5.41) is 12.6. The smallest absolute Gasteiger partial charge is 0.387 e. The standard InChI is InChI=1S/C13H18ClF2NO2/c1-8(7-18)9(2)17-6-10-5-11(14)3-4-12(10)19-13(15)16/h3-5,8-9,13,17-18H,6-7H2,1-2H3. The fourth-order valence-electron chi connectivity index (χ4n) is 1.53. The summed E-state index contributed by atoms with van der Waals surface area (Å²) in [6, 6.07) is 4.56. The largest absolute Gasteiger partial charge is 0.434 e. The van der Waals surface area contributed by atoms with E-state index in [1.54, 1.807) is 6.07 Å². The van der Waals surface area contributed by atoms with Crippen molar-refractivity contribution >= 4 is 11.6 Å². The monoisotopic (exact) mass is 293 g/mol. The van der Waals surface area contributed by atoms with Gasteiger partial charge in [0.15, 0.2) is 0 Å². The highest BCUT2D eigenvalue weighted by Gasteiger charge is 2.14. The van der Waals surface area contributed by atoms with E-state index < -0.39 is 6.61 Å². The van der Waals surface area contributed by atoms with Crippen LogP contribution in [0.3, 0.4) is 0 Å². The van der Waals surface area contributed by atoms with Crippen LogP contribution in [0.5, 0.6) is 5.75 Å². The van der Waals surface area contributed by atoms with Crippen molar-refractivity contribution < 1.29 is 18.6 Å². The maximum Gasteiger partial charge on any atom is 0.387 e. The van der Waals surface area contributed by atoms with Crippen LogP contribution in [0.4, 0.5) is 8.78 Å². The molecule has 2 unspecified atom stereocenters. The Morgan fingerprint density at radius 1 is 1.37 bits per heavy atom. The van der Waals surface area contributed by atoms with Gasteiger partial charge in [0.2, 0.25) is 0 Å². The summed E-state index contributed by atoms with van der Waals surface area (Å²) in [5.41, 5.74) is 0.560. The van der Waals surface area contributed by atoms with Crippen molar-refractivity contribution in [2.75, 3.05) is 6.61 Å². The van der Waals surface area contributed by atoms with E-state index in [9.17, 15) is 8.78 Å². The van der Waals surface area contributed by atoms with Gasteiger partial charge in [0, 0.05) is 29.8 Å². The molecule has 0 spiro atoms. The second kappa shape index (κ2) is 7.62. The second-order valence-corrected chi connectivity index (χ2v) is 4.90. The lowest BCUT2D eigenvalue weighted by atomic mass is 10.0. The maximum absolute atomic E-state index is 12.3. The van der Waals surface area contributed by atoms with Crippen LogP contribution in [0.15, 0.2) is 18.2 Å². The van der Waals surface area contributed by atoms with E-state index in [2.05, 4.69) is 10.1 Å². The van der Waals surface area contributed by atoms with Crippen LogP contribution in [0.2, 0.25) is 5.02 Å². The molecule has 0 aromatic heterocycles. The van der Waals surface area contributed by atoms with Gasteiger partial charge in [-0.1, -0.05) is 18.5 Å². The Morgan fingerprint density at radius 2 is 2.05 bits per heavy atom. The molecule has 1 aromatic rings. The molecule has 6 heteroatoms. The Hall–Kier alpha value is -0.910. The van der Waals surface area contributed by atoms with Gasteiger partial charge >= 0.3 is 6.61 Å². The molecule has 3 nitrogen and oxygen atoms in total. The molecule has 2 N–H and O–H groups in total. The number of nitrogens with one attached hydrogen (secondary N) is 1. The number of aliphatic hydroxyl groups is 1. The van der Waals surface area contributed by atoms with Crippen molar-refractivity contribution in [3.63, 3.8) is 0 Å². The summed E-state index contributed by atoms with van der Waals surface area (Å²) in [6.07, 6.45) is 0. The van der Waals surface area contributed by atoms with Crippen molar-refractivity contribution in [2.45, 2.75) is 33.0 Å². The summed E-state index contributed by atoms with van der Waals surface area (Å²) < 4.78 is 29.0. The third kappa shape index (κ3) is 5.30. The molecule has 0 aliphatic heterocycles. The lowest BCUT2D eigenvalue weighted by Crippen LogP contribution is -2.33. The Balaban J connectivity index is 2.72. The van der Waals surface area contributed by atoms with Crippen molar-refractivity contribution in [1.82, 2.24) is 5.32 Å². The molecule has 0 radical (unpaired) electrons. The first-order valence-corrected chi connectivity index (χ1v) is 6.39. The highest BCUT2D eigenvalue weighted by Crippen LogP contribution is 2.24. The molecule has 1 aromatic carbocycles. The van der Waals surface area contributed by atoms with Crippen molar-refractivity contribution in [1.29, 1.82) is 0 Å². The van der Waals surface area contributed by atoms with Gasteiger partial charge in [-0.25, -0.2) is 0 Å². The van der Waals surface area contributed by atoms with E-state index in [0.29, 0.717) is 17.1 Å². The molecular formula is C13H18ClF2NO2. The summed E-state index contributed by atoms with van der Waals surface area (Å²) in [4.78, 5) is 0.